The van der Waals surface area contributed by atoms with Crippen molar-refractivity contribution in [1.29, 1.82) is 0 Å². The molecular weight excluding hydrogens is 270 g/mol. The van der Waals surface area contributed by atoms with Crippen LogP contribution in [0.1, 0.15) is 32.8 Å². The summed E-state index contributed by atoms with van der Waals surface area (Å²) in [4.78, 5) is 12.1. The molecule has 5 heteroatoms. The molecule has 21 heavy (non-hydrogen) atoms. The Morgan fingerprint density at radius 1 is 1.10 bits per heavy atom. The van der Waals surface area contributed by atoms with Crippen molar-refractivity contribution in [3.05, 3.63) is 17.7 Å². The molecule has 0 fully saturated rings. The van der Waals surface area contributed by atoms with Gasteiger partial charge in [-0.2, -0.15) is 0 Å². The van der Waals surface area contributed by atoms with E-state index in [9.17, 15) is 4.79 Å². The molecule has 0 aliphatic rings. The maximum Gasteiger partial charge on any atom is 0.225 e. The first-order valence-corrected chi connectivity index (χ1v) is 6.96. The Morgan fingerprint density at radius 3 is 2.00 bits per heavy atom. The normalized spacial score (nSPS) is 11.0. The standard InChI is InChI=1S/C16H25NO4/c1-7-16(2,3)15(18)17-10-11-8-12(19-4)14(21-6)13(9-11)20-5/h8-9H,7,10H2,1-6H3,(H,17,18). The number of carbonyl (C=O) groups is 1. The molecule has 1 amide bonds. The Labute approximate surface area is 126 Å². The minimum Gasteiger partial charge on any atom is -0.493 e. The molecule has 0 aliphatic heterocycles. The number of amides is 1. The zero-order valence-electron chi connectivity index (χ0n) is 13.7. The lowest BCUT2D eigenvalue weighted by atomic mass is 9.89. The maximum absolute atomic E-state index is 12.1. The van der Waals surface area contributed by atoms with Crippen LogP contribution in [0.5, 0.6) is 17.2 Å². The fourth-order valence-electron chi connectivity index (χ4n) is 1.82. The van der Waals surface area contributed by atoms with Crippen molar-refractivity contribution in [1.82, 2.24) is 5.32 Å². The molecule has 0 heterocycles. The third-order valence-corrected chi connectivity index (χ3v) is 3.68. The van der Waals surface area contributed by atoms with Crippen LogP contribution < -0.4 is 19.5 Å². The minimum atomic E-state index is -0.374. The lowest BCUT2D eigenvalue weighted by Gasteiger charge is -2.22. The van der Waals surface area contributed by atoms with E-state index in [2.05, 4.69) is 5.32 Å². The molecule has 0 saturated carbocycles. The topological polar surface area (TPSA) is 56.8 Å². The van der Waals surface area contributed by atoms with Crippen LogP contribution in [0.25, 0.3) is 0 Å². The monoisotopic (exact) mass is 295 g/mol. The molecule has 0 atom stereocenters. The molecule has 0 bridgehead atoms. The van der Waals surface area contributed by atoms with E-state index in [0.717, 1.165) is 12.0 Å². The average molecular weight is 295 g/mol. The van der Waals surface area contributed by atoms with Crippen LogP contribution in [0.2, 0.25) is 0 Å². The molecule has 0 saturated heterocycles. The number of hydrogen-bond donors (Lipinski definition) is 1. The number of hydrogen-bond acceptors (Lipinski definition) is 4. The molecule has 118 valence electrons. The summed E-state index contributed by atoms with van der Waals surface area (Å²) >= 11 is 0. The number of nitrogens with one attached hydrogen (secondary N) is 1. The molecular formula is C16H25NO4. The summed E-state index contributed by atoms with van der Waals surface area (Å²) in [5, 5.41) is 2.94. The van der Waals surface area contributed by atoms with E-state index in [1.165, 1.54) is 0 Å². The fourth-order valence-corrected chi connectivity index (χ4v) is 1.82. The van der Waals surface area contributed by atoms with Crippen LogP contribution in [0.4, 0.5) is 0 Å². The van der Waals surface area contributed by atoms with E-state index in [4.69, 9.17) is 14.2 Å². The van der Waals surface area contributed by atoms with Gasteiger partial charge in [0.1, 0.15) is 0 Å². The summed E-state index contributed by atoms with van der Waals surface area (Å²) in [5.41, 5.74) is 0.519. The summed E-state index contributed by atoms with van der Waals surface area (Å²) < 4.78 is 15.9. The van der Waals surface area contributed by atoms with Gasteiger partial charge in [-0.05, 0) is 24.1 Å². The summed E-state index contributed by atoms with van der Waals surface area (Å²) in [7, 11) is 4.70. The zero-order valence-corrected chi connectivity index (χ0v) is 13.7. The first-order chi connectivity index (χ1) is 9.89. The van der Waals surface area contributed by atoms with Crippen LogP contribution in [0.15, 0.2) is 12.1 Å². The number of rotatable bonds is 7. The van der Waals surface area contributed by atoms with Crippen LogP contribution in [0.3, 0.4) is 0 Å². The van der Waals surface area contributed by atoms with E-state index >= 15 is 0 Å². The van der Waals surface area contributed by atoms with Crippen molar-refractivity contribution in [2.75, 3.05) is 21.3 Å². The number of carbonyl (C=O) groups excluding carboxylic acids is 1. The zero-order chi connectivity index (χ0) is 16.0. The van der Waals surface area contributed by atoms with Gasteiger partial charge in [-0.15, -0.1) is 0 Å². The van der Waals surface area contributed by atoms with Gasteiger partial charge in [0.25, 0.3) is 0 Å². The SMILES string of the molecule is CCC(C)(C)C(=O)NCc1cc(OC)c(OC)c(OC)c1. The molecule has 0 spiro atoms. The summed E-state index contributed by atoms with van der Waals surface area (Å²) in [6.07, 6.45) is 0.786. The van der Waals surface area contributed by atoms with Crippen LogP contribution in [-0.4, -0.2) is 27.2 Å². The predicted molar refractivity (Wildman–Crippen MR) is 82.0 cm³/mol. The quantitative estimate of drug-likeness (QED) is 0.840. The van der Waals surface area contributed by atoms with E-state index < -0.39 is 0 Å². The Bertz CT molecular complexity index is 472. The molecule has 1 rings (SSSR count). The van der Waals surface area contributed by atoms with Gasteiger partial charge in [0.15, 0.2) is 11.5 Å². The van der Waals surface area contributed by atoms with Crippen molar-refractivity contribution in [3.63, 3.8) is 0 Å². The van der Waals surface area contributed by atoms with E-state index in [0.29, 0.717) is 23.8 Å². The summed E-state index contributed by atoms with van der Waals surface area (Å²) in [5.74, 6) is 1.73. The van der Waals surface area contributed by atoms with Gasteiger partial charge in [-0.1, -0.05) is 20.8 Å². The van der Waals surface area contributed by atoms with Crippen LogP contribution in [0, 0.1) is 5.41 Å². The second kappa shape index (κ2) is 7.20. The fraction of sp³-hybridized carbons (Fsp3) is 0.562. The highest BCUT2D eigenvalue weighted by molar-refractivity contribution is 5.81. The first kappa shape index (κ1) is 17.1. The molecule has 0 aliphatic carbocycles. The molecule has 1 N–H and O–H groups in total. The number of ether oxygens (including phenoxy) is 3. The van der Waals surface area contributed by atoms with Crippen molar-refractivity contribution >= 4 is 5.91 Å². The molecule has 1 aromatic carbocycles. The smallest absolute Gasteiger partial charge is 0.225 e. The second-order valence-electron chi connectivity index (χ2n) is 5.45. The van der Waals surface area contributed by atoms with Gasteiger partial charge >= 0.3 is 0 Å². The van der Waals surface area contributed by atoms with Gasteiger partial charge < -0.3 is 19.5 Å². The van der Waals surface area contributed by atoms with Gasteiger partial charge in [-0.25, -0.2) is 0 Å². The minimum absolute atomic E-state index is 0.0266. The highest BCUT2D eigenvalue weighted by Crippen LogP contribution is 2.38. The van der Waals surface area contributed by atoms with Crippen molar-refractivity contribution in [2.45, 2.75) is 33.7 Å². The van der Waals surface area contributed by atoms with E-state index in [-0.39, 0.29) is 11.3 Å². The van der Waals surface area contributed by atoms with Gasteiger partial charge in [-0.3, -0.25) is 4.79 Å². The Morgan fingerprint density at radius 2 is 1.62 bits per heavy atom. The van der Waals surface area contributed by atoms with Crippen molar-refractivity contribution < 1.29 is 19.0 Å². The summed E-state index contributed by atoms with van der Waals surface area (Å²) in [6.45, 7) is 6.27. The largest absolute Gasteiger partial charge is 0.493 e. The number of benzene rings is 1. The third kappa shape index (κ3) is 4.03. The van der Waals surface area contributed by atoms with Gasteiger partial charge in [0.05, 0.1) is 21.3 Å². The van der Waals surface area contributed by atoms with Crippen molar-refractivity contribution in [2.24, 2.45) is 5.41 Å². The third-order valence-electron chi connectivity index (χ3n) is 3.68. The van der Waals surface area contributed by atoms with Gasteiger partial charge in [0.2, 0.25) is 11.7 Å². The van der Waals surface area contributed by atoms with Crippen molar-refractivity contribution in [3.8, 4) is 17.2 Å². The lowest BCUT2D eigenvalue weighted by molar-refractivity contribution is -0.129. The van der Waals surface area contributed by atoms with Crippen LogP contribution in [-0.2, 0) is 11.3 Å². The first-order valence-electron chi connectivity index (χ1n) is 6.96. The second-order valence-corrected chi connectivity index (χ2v) is 5.45. The summed E-state index contributed by atoms with van der Waals surface area (Å²) in [6, 6.07) is 3.67. The Balaban J connectivity index is 2.92. The number of methoxy groups -OCH3 is 3. The predicted octanol–water partition coefficient (Wildman–Crippen LogP) is 2.76. The Hall–Kier alpha value is -1.91. The molecule has 0 aromatic heterocycles. The maximum atomic E-state index is 12.1. The van der Waals surface area contributed by atoms with Crippen LogP contribution >= 0.6 is 0 Å². The van der Waals surface area contributed by atoms with E-state index in [1.54, 1.807) is 21.3 Å². The molecule has 0 radical (unpaired) electrons. The lowest BCUT2D eigenvalue weighted by Crippen LogP contribution is -2.36. The Kier molecular flexibility index (Phi) is 5.88. The molecule has 0 unspecified atom stereocenters. The van der Waals surface area contributed by atoms with Gasteiger partial charge in [0, 0.05) is 12.0 Å². The van der Waals surface area contributed by atoms with E-state index in [1.807, 2.05) is 32.9 Å². The molecule has 1 aromatic rings. The average Bonchev–Trinajstić information content (AvgIpc) is 2.50. The highest BCUT2D eigenvalue weighted by atomic mass is 16.5. The molecule has 5 nitrogen and oxygen atoms in total. The highest BCUT2D eigenvalue weighted by Gasteiger charge is 2.25.